The van der Waals surface area contributed by atoms with E-state index in [9.17, 15) is 4.79 Å². The van der Waals surface area contributed by atoms with Crippen LogP contribution in [-0.2, 0) is 4.79 Å². The van der Waals surface area contributed by atoms with Gasteiger partial charge in [0.15, 0.2) is 5.78 Å². The normalized spacial score (nSPS) is 22.0. The third kappa shape index (κ3) is 2.46. The Morgan fingerprint density at radius 1 is 1.55 bits per heavy atom. The van der Waals surface area contributed by atoms with Gasteiger partial charge in [0.05, 0.1) is 5.88 Å². The topological polar surface area (TPSA) is 20.3 Å². The number of carbonyl (C=O) groups excluding carboxylic acids is 1. The zero-order chi connectivity index (χ0) is 8.27. The molecule has 1 rings (SSSR count). The largest absolute Gasteiger partial charge is 0.306 e. The van der Waals surface area contributed by atoms with E-state index in [0.717, 1.165) is 25.9 Å². The monoisotopic (exact) mass is 175 g/mol. The van der Waals surface area contributed by atoms with Crippen LogP contribution in [0.1, 0.15) is 12.8 Å². The summed E-state index contributed by atoms with van der Waals surface area (Å²) in [6, 6.07) is 0. The SMILES string of the molecule is CN1CCC(C(=O)CCl)CC1. The van der Waals surface area contributed by atoms with Gasteiger partial charge in [-0.05, 0) is 33.0 Å². The molecule has 0 bridgehead atoms. The van der Waals surface area contributed by atoms with E-state index in [0.29, 0.717) is 0 Å². The molecule has 1 fully saturated rings. The number of Topliss-reactive ketones (excluding diaryl/α,β-unsaturated/α-hetero) is 1. The minimum Gasteiger partial charge on any atom is -0.306 e. The van der Waals surface area contributed by atoms with Gasteiger partial charge in [0.2, 0.25) is 0 Å². The summed E-state index contributed by atoms with van der Waals surface area (Å²) in [4.78, 5) is 13.4. The Bertz CT molecular complexity index is 141. The van der Waals surface area contributed by atoms with E-state index in [1.54, 1.807) is 0 Å². The lowest BCUT2D eigenvalue weighted by Crippen LogP contribution is -2.33. The second-order valence-electron chi connectivity index (χ2n) is 3.18. The van der Waals surface area contributed by atoms with Crippen molar-refractivity contribution in [3.8, 4) is 0 Å². The molecule has 0 atom stereocenters. The Morgan fingerprint density at radius 2 is 2.09 bits per heavy atom. The predicted octanol–water partition coefficient (Wildman–Crippen LogP) is 1.14. The van der Waals surface area contributed by atoms with Gasteiger partial charge in [0.25, 0.3) is 0 Å². The highest BCUT2D eigenvalue weighted by atomic mass is 35.5. The molecule has 3 heteroatoms. The standard InChI is InChI=1S/C8H14ClNO/c1-10-4-2-7(3-5-10)8(11)6-9/h7H,2-6H2,1H3. The molecule has 1 aliphatic rings. The molecular weight excluding hydrogens is 162 g/mol. The molecule has 0 spiro atoms. The van der Waals surface area contributed by atoms with Gasteiger partial charge in [0, 0.05) is 5.92 Å². The molecule has 64 valence electrons. The number of carbonyl (C=O) groups is 1. The number of hydrogen-bond acceptors (Lipinski definition) is 2. The molecule has 11 heavy (non-hydrogen) atoms. The quantitative estimate of drug-likeness (QED) is 0.587. The summed E-state index contributed by atoms with van der Waals surface area (Å²) in [7, 11) is 2.08. The smallest absolute Gasteiger partial charge is 0.150 e. The summed E-state index contributed by atoms with van der Waals surface area (Å²) >= 11 is 5.46. The molecule has 0 unspecified atom stereocenters. The van der Waals surface area contributed by atoms with Crippen LogP contribution in [0.15, 0.2) is 0 Å². The zero-order valence-electron chi connectivity index (χ0n) is 6.85. The van der Waals surface area contributed by atoms with Crippen LogP contribution in [0.5, 0.6) is 0 Å². The van der Waals surface area contributed by atoms with Gasteiger partial charge >= 0.3 is 0 Å². The van der Waals surface area contributed by atoms with E-state index in [1.165, 1.54) is 0 Å². The van der Waals surface area contributed by atoms with E-state index in [-0.39, 0.29) is 17.6 Å². The Morgan fingerprint density at radius 3 is 2.55 bits per heavy atom. The van der Waals surface area contributed by atoms with Crippen molar-refractivity contribution < 1.29 is 4.79 Å². The average Bonchev–Trinajstić information content (AvgIpc) is 2.05. The lowest BCUT2D eigenvalue weighted by molar-refractivity contribution is -0.121. The van der Waals surface area contributed by atoms with Gasteiger partial charge in [-0.3, -0.25) is 4.79 Å². The second kappa shape index (κ2) is 4.07. The number of alkyl halides is 1. The average molecular weight is 176 g/mol. The van der Waals surface area contributed by atoms with Crippen LogP contribution >= 0.6 is 11.6 Å². The van der Waals surface area contributed by atoms with Crippen LogP contribution in [0.25, 0.3) is 0 Å². The molecule has 0 aromatic heterocycles. The first-order chi connectivity index (χ1) is 5.24. The number of ketones is 1. The Balaban J connectivity index is 2.33. The first kappa shape index (κ1) is 9.01. The molecule has 0 N–H and O–H groups in total. The summed E-state index contributed by atoms with van der Waals surface area (Å²) in [6.07, 6.45) is 1.98. The third-order valence-electron chi connectivity index (χ3n) is 2.31. The highest BCUT2D eigenvalue weighted by Gasteiger charge is 2.21. The van der Waals surface area contributed by atoms with Crippen LogP contribution in [0.4, 0.5) is 0 Å². The van der Waals surface area contributed by atoms with Gasteiger partial charge in [0.1, 0.15) is 0 Å². The molecule has 0 amide bonds. The molecule has 0 aromatic rings. The van der Waals surface area contributed by atoms with E-state index in [1.807, 2.05) is 0 Å². The fourth-order valence-electron chi connectivity index (χ4n) is 1.44. The first-order valence-electron chi connectivity index (χ1n) is 4.01. The van der Waals surface area contributed by atoms with E-state index in [2.05, 4.69) is 11.9 Å². The summed E-state index contributed by atoms with van der Waals surface area (Å²) in [5, 5.41) is 0. The van der Waals surface area contributed by atoms with Crippen LogP contribution in [-0.4, -0.2) is 36.7 Å². The molecular formula is C8H14ClNO. The van der Waals surface area contributed by atoms with Crippen molar-refractivity contribution in [1.82, 2.24) is 4.90 Å². The maximum atomic E-state index is 11.1. The molecule has 0 saturated carbocycles. The van der Waals surface area contributed by atoms with Gasteiger partial charge < -0.3 is 4.90 Å². The van der Waals surface area contributed by atoms with Gasteiger partial charge in [-0.1, -0.05) is 0 Å². The highest BCUT2D eigenvalue weighted by molar-refractivity contribution is 6.27. The summed E-state index contributed by atoms with van der Waals surface area (Å²) in [5.74, 6) is 0.650. The Kier molecular flexibility index (Phi) is 3.34. The van der Waals surface area contributed by atoms with E-state index >= 15 is 0 Å². The van der Waals surface area contributed by atoms with Crippen molar-refractivity contribution in [1.29, 1.82) is 0 Å². The fraction of sp³-hybridized carbons (Fsp3) is 0.875. The molecule has 1 aliphatic heterocycles. The Hall–Kier alpha value is -0.0800. The third-order valence-corrected chi connectivity index (χ3v) is 2.57. The van der Waals surface area contributed by atoms with Crippen molar-refractivity contribution >= 4 is 17.4 Å². The van der Waals surface area contributed by atoms with E-state index < -0.39 is 0 Å². The van der Waals surface area contributed by atoms with Crippen LogP contribution in [0.2, 0.25) is 0 Å². The number of hydrogen-bond donors (Lipinski definition) is 0. The molecule has 0 aromatic carbocycles. The van der Waals surface area contributed by atoms with Crippen molar-refractivity contribution in [3.05, 3.63) is 0 Å². The summed E-state index contributed by atoms with van der Waals surface area (Å²) in [6.45, 7) is 2.07. The van der Waals surface area contributed by atoms with Crippen molar-refractivity contribution in [2.24, 2.45) is 5.92 Å². The number of halogens is 1. The van der Waals surface area contributed by atoms with Gasteiger partial charge in [-0.15, -0.1) is 11.6 Å². The molecule has 1 heterocycles. The molecule has 0 aliphatic carbocycles. The molecule has 2 nitrogen and oxygen atoms in total. The molecule has 0 radical (unpaired) electrons. The van der Waals surface area contributed by atoms with Crippen molar-refractivity contribution in [2.75, 3.05) is 26.0 Å². The first-order valence-corrected chi connectivity index (χ1v) is 4.54. The fourth-order valence-corrected chi connectivity index (χ4v) is 1.66. The highest BCUT2D eigenvalue weighted by Crippen LogP contribution is 2.16. The van der Waals surface area contributed by atoms with Gasteiger partial charge in [-0.25, -0.2) is 0 Å². The number of piperidine rings is 1. The Labute approximate surface area is 72.5 Å². The van der Waals surface area contributed by atoms with Crippen LogP contribution < -0.4 is 0 Å². The van der Waals surface area contributed by atoms with Crippen LogP contribution in [0.3, 0.4) is 0 Å². The maximum absolute atomic E-state index is 11.1. The minimum absolute atomic E-state index is 0.189. The summed E-state index contributed by atoms with van der Waals surface area (Å²) < 4.78 is 0. The van der Waals surface area contributed by atoms with Gasteiger partial charge in [-0.2, -0.15) is 0 Å². The maximum Gasteiger partial charge on any atom is 0.150 e. The molecule has 1 saturated heterocycles. The lowest BCUT2D eigenvalue weighted by Gasteiger charge is -2.27. The van der Waals surface area contributed by atoms with Crippen molar-refractivity contribution in [3.63, 3.8) is 0 Å². The van der Waals surface area contributed by atoms with Crippen LogP contribution in [0, 0.1) is 5.92 Å². The van der Waals surface area contributed by atoms with E-state index in [4.69, 9.17) is 11.6 Å². The number of likely N-dealkylation sites (tertiary alicyclic amines) is 1. The number of rotatable bonds is 2. The van der Waals surface area contributed by atoms with Crippen molar-refractivity contribution in [2.45, 2.75) is 12.8 Å². The zero-order valence-corrected chi connectivity index (χ0v) is 7.60. The lowest BCUT2D eigenvalue weighted by atomic mass is 9.94. The predicted molar refractivity (Wildman–Crippen MR) is 45.9 cm³/mol. The second-order valence-corrected chi connectivity index (χ2v) is 3.44. The minimum atomic E-state index is 0.189. The number of nitrogens with zero attached hydrogens (tertiary/aromatic N) is 1. The summed E-state index contributed by atoms with van der Waals surface area (Å²) in [5.41, 5.74) is 0.